The van der Waals surface area contributed by atoms with Crippen LogP contribution in [-0.2, 0) is 9.59 Å². The van der Waals surface area contributed by atoms with E-state index >= 15 is 0 Å². The highest BCUT2D eigenvalue weighted by molar-refractivity contribution is 8.00. The molecule has 5 N–H and O–H groups in total. The minimum Gasteiger partial charge on any atom is -0.465 e. The predicted octanol–water partition coefficient (Wildman–Crippen LogP) is 4.52. The molecule has 0 bridgehead atoms. The van der Waals surface area contributed by atoms with Crippen LogP contribution in [0.5, 0.6) is 0 Å². The molecule has 10 heteroatoms. The highest BCUT2D eigenvalue weighted by atomic mass is 32.2. The van der Waals surface area contributed by atoms with Crippen molar-refractivity contribution in [3.05, 3.63) is 120 Å². The first-order valence-electron chi connectivity index (χ1n) is 11.7. The molecule has 0 aliphatic rings. The van der Waals surface area contributed by atoms with E-state index in [1.807, 2.05) is 0 Å². The molecule has 0 unspecified atom stereocenters. The monoisotopic (exact) mass is 540 g/mol. The van der Waals surface area contributed by atoms with Crippen molar-refractivity contribution in [3.8, 4) is 0 Å². The Balaban J connectivity index is 1.37. The highest BCUT2D eigenvalue weighted by Crippen LogP contribution is 2.22. The van der Waals surface area contributed by atoms with Gasteiger partial charge in [-0.15, -0.1) is 11.8 Å². The van der Waals surface area contributed by atoms with E-state index in [1.165, 1.54) is 24.1 Å². The summed E-state index contributed by atoms with van der Waals surface area (Å²) in [5.74, 6) is -1.40. The van der Waals surface area contributed by atoms with Gasteiger partial charge in [0.2, 0.25) is 5.91 Å². The third-order valence-corrected chi connectivity index (χ3v) is 6.32. The van der Waals surface area contributed by atoms with Gasteiger partial charge in [0.15, 0.2) is 0 Å². The molecule has 1 heterocycles. The SMILES string of the molecule is NC(=O)c1ccccc1NC(=O)CSc1ccc(NC(=O)/C(=C/c2ccco2)NC(=O)c2ccccc2)cc1. The maximum atomic E-state index is 13.0. The number of thioether (sulfide) groups is 1. The van der Waals surface area contributed by atoms with Gasteiger partial charge in [-0.05, 0) is 60.7 Å². The van der Waals surface area contributed by atoms with Crippen LogP contribution in [0.3, 0.4) is 0 Å². The second kappa shape index (κ2) is 12.9. The molecular formula is C29H24N4O5S. The zero-order valence-electron chi connectivity index (χ0n) is 20.5. The molecule has 1 aromatic heterocycles. The van der Waals surface area contributed by atoms with Crippen molar-refractivity contribution in [1.29, 1.82) is 0 Å². The maximum absolute atomic E-state index is 13.0. The first-order valence-corrected chi connectivity index (χ1v) is 12.7. The van der Waals surface area contributed by atoms with Crippen LogP contribution in [0.4, 0.5) is 11.4 Å². The topological polar surface area (TPSA) is 144 Å². The number of amides is 4. The fraction of sp³-hybridized carbons (Fsp3) is 0.0345. The Morgan fingerprint density at radius 1 is 0.821 bits per heavy atom. The summed E-state index contributed by atoms with van der Waals surface area (Å²) in [5.41, 5.74) is 6.83. The van der Waals surface area contributed by atoms with Gasteiger partial charge in [0.25, 0.3) is 17.7 Å². The van der Waals surface area contributed by atoms with Crippen molar-refractivity contribution in [3.63, 3.8) is 0 Å². The highest BCUT2D eigenvalue weighted by Gasteiger charge is 2.16. The fourth-order valence-corrected chi connectivity index (χ4v) is 4.13. The number of anilines is 2. The average Bonchev–Trinajstić information content (AvgIpc) is 3.46. The van der Waals surface area contributed by atoms with Gasteiger partial charge in [0, 0.05) is 22.2 Å². The number of nitrogens with one attached hydrogen (secondary N) is 3. The summed E-state index contributed by atoms with van der Waals surface area (Å²) in [4.78, 5) is 50.4. The number of nitrogens with two attached hydrogens (primary N) is 1. The molecule has 0 saturated carbocycles. The Morgan fingerprint density at radius 3 is 2.23 bits per heavy atom. The Kier molecular flexibility index (Phi) is 8.94. The Hall–Kier alpha value is -5.09. The number of primary amides is 1. The van der Waals surface area contributed by atoms with E-state index in [2.05, 4.69) is 16.0 Å². The smallest absolute Gasteiger partial charge is 0.272 e. The second-order valence-electron chi connectivity index (χ2n) is 8.12. The molecule has 0 aliphatic carbocycles. The number of carbonyl (C=O) groups is 4. The quantitative estimate of drug-likeness (QED) is 0.172. The number of para-hydroxylation sites is 1. The van der Waals surface area contributed by atoms with Gasteiger partial charge in [-0.2, -0.15) is 0 Å². The summed E-state index contributed by atoms with van der Waals surface area (Å²) in [6.45, 7) is 0. The van der Waals surface area contributed by atoms with E-state index in [9.17, 15) is 19.2 Å². The molecule has 0 fully saturated rings. The van der Waals surface area contributed by atoms with E-state index in [1.54, 1.807) is 91.0 Å². The Bertz CT molecular complexity index is 1500. The van der Waals surface area contributed by atoms with Gasteiger partial charge in [0.05, 0.1) is 23.3 Å². The number of furan rings is 1. The molecule has 0 aliphatic heterocycles. The standard InChI is InChI=1S/C29H24N4O5S/c30-27(35)23-10-4-5-11-24(23)32-26(34)18-39-22-14-12-20(13-15-22)31-29(37)25(17-21-9-6-16-38-21)33-28(36)19-7-2-1-3-8-19/h1-17H,18H2,(H2,30,35)(H,31,37)(H,32,34)(H,33,36)/b25-17-. The van der Waals surface area contributed by atoms with Gasteiger partial charge >= 0.3 is 0 Å². The molecule has 0 spiro atoms. The third kappa shape index (κ3) is 7.70. The van der Waals surface area contributed by atoms with Crippen molar-refractivity contribution in [2.24, 2.45) is 5.73 Å². The van der Waals surface area contributed by atoms with Gasteiger partial charge in [-0.25, -0.2) is 0 Å². The molecule has 3 aromatic carbocycles. The zero-order valence-corrected chi connectivity index (χ0v) is 21.4. The van der Waals surface area contributed by atoms with Crippen LogP contribution in [0.15, 0.2) is 112 Å². The van der Waals surface area contributed by atoms with Gasteiger partial charge < -0.3 is 26.1 Å². The second-order valence-corrected chi connectivity index (χ2v) is 9.17. The Morgan fingerprint density at radius 2 is 1.54 bits per heavy atom. The number of carbonyl (C=O) groups excluding carboxylic acids is 4. The van der Waals surface area contributed by atoms with Gasteiger partial charge in [-0.1, -0.05) is 30.3 Å². The summed E-state index contributed by atoms with van der Waals surface area (Å²) >= 11 is 1.28. The van der Waals surface area contributed by atoms with Crippen molar-refractivity contribution in [2.75, 3.05) is 16.4 Å². The largest absolute Gasteiger partial charge is 0.465 e. The van der Waals surface area contributed by atoms with Gasteiger partial charge in [0.1, 0.15) is 11.5 Å². The van der Waals surface area contributed by atoms with E-state index < -0.39 is 17.7 Å². The van der Waals surface area contributed by atoms with Crippen LogP contribution in [0.2, 0.25) is 0 Å². The van der Waals surface area contributed by atoms with Crippen LogP contribution in [-0.4, -0.2) is 29.4 Å². The average molecular weight is 541 g/mol. The summed E-state index contributed by atoms with van der Waals surface area (Å²) < 4.78 is 5.30. The number of benzene rings is 3. The third-order valence-electron chi connectivity index (χ3n) is 5.31. The van der Waals surface area contributed by atoms with E-state index in [-0.39, 0.29) is 22.9 Å². The van der Waals surface area contributed by atoms with E-state index in [0.29, 0.717) is 22.7 Å². The van der Waals surface area contributed by atoms with Crippen molar-refractivity contribution >= 4 is 52.8 Å². The number of rotatable bonds is 10. The van der Waals surface area contributed by atoms with Crippen LogP contribution in [0.1, 0.15) is 26.5 Å². The molecule has 0 saturated heterocycles. The van der Waals surface area contributed by atoms with Gasteiger partial charge in [-0.3, -0.25) is 19.2 Å². The first kappa shape index (κ1) is 27.0. The molecule has 0 radical (unpaired) electrons. The molecule has 39 heavy (non-hydrogen) atoms. The van der Waals surface area contributed by atoms with Crippen LogP contribution in [0.25, 0.3) is 6.08 Å². The summed E-state index contributed by atoms with van der Waals surface area (Å²) in [6.07, 6.45) is 2.91. The molecule has 4 amide bonds. The molecule has 4 aromatic rings. The van der Waals surface area contributed by atoms with E-state index in [0.717, 1.165) is 4.90 Å². The maximum Gasteiger partial charge on any atom is 0.272 e. The summed E-state index contributed by atoms with van der Waals surface area (Å²) in [5, 5.41) is 8.09. The van der Waals surface area contributed by atoms with Crippen LogP contribution >= 0.6 is 11.8 Å². The van der Waals surface area contributed by atoms with Crippen LogP contribution in [0, 0.1) is 0 Å². The number of hydrogen-bond acceptors (Lipinski definition) is 6. The molecule has 9 nitrogen and oxygen atoms in total. The molecule has 4 rings (SSSR count). The number of hydrogen-bond donors (Lipinski definition) is 4. The normalized spacial score (nSPS) is 10.9. The van der Waals surface area contributed by atoms with Crippen molar-refractivity contribution < 1.29 is 23.6 Å². The summed E-state index contributed by atoms with van der Waals surface area (Å²) in [6, 6.07) is 25.3. The lowest BCUT2D eigenvalue weighted by Gasteiger charge is -2.11. The molecule has 0 atom stereocenters. The predicted molar refractivity (Wildman–Crippen MR) is 150 cm³/mol. The lowest BCUT2D eigenvalue weighted by atomic mass is 10.1. The minimum absolute atomic E-state index is 0.00479. The fourth-order valence-electron chi connectivity index (χ4n) is 3.43. The molecular weight excluding hydrogens is 516 g/mol. The lowest BCUT2D eigenvalue weighted by Crippen LogP contribution is -2.30. The lowest BCUT2D eigenvalue weighted by molar-refractivity contribution is -0.114. The Labute approximate surface area is 228 Å². The zero-order chi connectivity index (χ0) is 27.6. The van der Waals surface area contributed by atoms with E-state index in [4.69, 9.17) is 10.2 Å². The summed E-state index contributed by atoms with van der Waals surface area (Å²) in [7, 11) is 0. The van der Waals surface area contributed by atoms with Crippen LogP contribution < -0.4 is 21.7 Å². The van der Waals surface area contributed by atoms with Crippen molar-refractivity contribution in [1.82, 2.24) is 5.32 Å². The first-order chi connectivity index (χ1) is 18.9. The molecule has 196 valence electrons. The minimum atomic E-state index is -0.627. The van der Waals surface area contributed by atoms with Crippen molar-refractivity contribution in [2.45, 2.75) is 4.90 Å².